The van der Waals surface area contributed by atoms with Crippen LogP contribution < -0.4 is 0 Å². The lowest BCUT2D eigenvalue weighted by atomic mass is 10.1. The van der Waals surface area contributed by atoms with E-state index < -0.39 is 29.5 Å². The van der Waals surface area contributed by atoms with Gasteiger partial charge in [0.15, 0.2) is 5.78 Å². The number of hydrogen-bond acceptors (Lipinski definition) is 3. The molecule has 0 heterocycles. The van der Waals surface area contributed by atoms with Crippen molar-refractivity contribution < 1.29 is 28.4 Å². The number of aliphatic hydroxyl groups is 1. The zero-order valence-electron chi connectivity index (χ0n) is 17.2. The minimum atomic E-state index is -2.82. The third-order valence-electron chi connectivity index (χ3n) is 3.38. The van der Waals surface area contributed by atoms with Crippen molar-refractivity contribution in [2.75, 3.05) is 27.1 Å². The third kappa shape index (κ3) is 12.8. The van der Waals surface area contributed by atoms with Crippen LogP contribution in [0.2, 0.25) is 0 Å². The van der Waals surface area contributed by atoms with Crippen LogP contribution in [0.25, 0.3) is 0 Å². The van der Waals surface area contributed by atoms with Gasteiger partial charge in [-0.05, 0) is 6.42 Å². The van der Waals surface area contributed by atoms with Crippen LogP contribution in [-0.4, -0.2) is 59.7 Å². The summed E-state index contributed by atoms with van der Waals surface area (Å²) in [5.74, 6) is -1.61. The molecular weight excluding hydrogens is 282 g/mol. The van der Waals surface area contributed by atoms with E-state index in [1.807, 2.05) is 0 Å². The van der Waals surface area contributed by atoms with E-state index in [4.69, 9.17) is 9.22 Å². The number of rotatable bonds is 14. The molecule has 1 atom stereocenters. The topological polar surface area (TPSA) is 74.6 Å². The van der Waals surface area contributed by atoms with Crippen LogP contribution in [-0.2, 0) is 9.59 Å². The summed E-state index contributed by atoms with van der Waals surface area (Å²) < 4.78 is 23.1. The molecule has 1 unspecified atom stereocenters. The Bertz CT molecular complexity index is 440. The number of aliphatic carboxylic acids is 1. The Morgan fingerprint density at radius 1 is 1.14 bits per heavy atom. The number of ketones is 1. The molecule has 0 aliphatic heterocycles. The smallest absolute Gasteiger partial charge is 0.306 e. The summed E-state index contributed by atoms with van der Waals surface area (Å²) in [5, 5.41) is 18.7. The maximum absolute atomic E-state index is 12.1. The van der Waals surface area contributed by atoms with Gasteiger partial charge < -0.3 is 14.7 Å². The minimum absolute atomic E-state index is 0.145. The van der Waals surface area contributed by atoms with E-state index in [1.54, 1.807) is 0 Å². The number of carboxylic acid groups (broad SMARTS) is 1. The first-order valence-electron chi connectivity index (χ1n) is 9.66. The molecule has 0 saturated heterocycles. The summed E-state index contributed by atoms with van der Waals surface area (Å²) in [6, 6.07) is 0. The van der Waals surface area contributed by atoms with Crippen molar-refractivity contribution in [1.29, 1.82) is 0 Å². The van der Waals surface area contributed by atoms with Gasteiger partial charge in [-0.15, -0.1) is 0 Å². The van der Waals surface area contributed by atoms with Crippen molar-refractivity contribution in [3.8, 4) is 0 Å². The maximum atomic E-state index is 12.1. The van der Waals surface area contributed by atoms with Gasteiger partial charge in [-0.1, -0.05) is 45.4 Å². The molecule has 0 radical (unpaired) electrons. The number of Topliss-reactive ketones (excluding diaryl/α,β-unsaturated/α-hetero) is 1. The Labute approximate surface area is 139 Å². The van der Waals surface area contributed by atoms with E-state index in [0.717, 1.165) is 25.7 Å². The molecule has 5 heteroatoms. The Hall–Kier alpha value is -0.940. The van der Waals surface area contributed by atoms with Crippen LogP contribution in [0.1, 0.15) is 68.8 Å². The Morgan fingerprint density at radius 3 is 2.23 bits per heavy atom. The molecule has 0 fully saturated rings. The third-order valence-corrected chi connectivity index (χ3v) is 3.38. The predicted octanol–water partition coefficient (Wildman–Crippen LogP) is 2.61. The molecule has 0 spiro atoms. The summed E-state index contributed by atoms with van der Waals surface area (Å²) in [7, 11) is 2.79. The van der Waals surface area contributed by atoms with Gasteiger partial charge in [0.2, 0.25) is 0 Å². The Morgan fingerprint density at radius 2 is 1.68 bits per heavy atom. The van der Waals surface area contributed by atoms with Crippen molar-refractivity contribution in [1.82, 2.24) is 0 Å². The first kappa shape index (κ1) is 15.9. The molecule has 0 aliphatic rings. The molecule has 130 valence electrons. The largest absolute Gasteiger partial charge is 0.481 e. The molecule has 0 bridgehead atoms. The fourth-order valence-electron chi connectivity index (χ4n) is 2.37. The predicted molar refractivity (Wildman–Crippen MR) is 87.7 cm³/mol. The molecule has 0 aromatic carbocycles. The molecule has 0 rings (SSSR count). The van der Waals surface area contributed by atoms with Gasteiger partial charge in [0.1, 0.15) is 19.1 Å². The summed E-state index contributed by atoms with van der Waals surface area (Å²) in [4.78, 5) is 22.9. The van der Waals surface area contributed by atoms with Crippen molar-refractivity contribution in [2.45, 2.75) is 70.8 Å². The zero-order valence-corrected chi connectivity index (χ0v) is 14.2. The minimum Gasteiger partial charge on any atom is -0.481 e. The molecule has 22 heavy (non-hydrogen) atoms. The van der Waals surface area contributed by atoms with Crippen LogP contribution in [0.4, 0.5) is 0 Å². The van der Waals surface area contributed by atoms with Gasteiger partial charge >= 0.3 is 5.97 Å². The summed E-state index contributed by atoms with van der Waals surface area (Å²) in [5.41, 5.74) is 0. The molecule has 0 aromatic heterocycles. The molecule has 0 aliphatic carbocycles. The van der Waals surface area contributed by atoms with E-state index in [1.165, 1.54) is 33.4 Å². The van der Waals surface area contributed by atoms with Gasteiger partial charge in [0.25, 0.3) is 0 Å². The molecule has 2 N–H and O–H groups in total. The molecular formula is C17H34NO4+. The fourth-order valence-corrected chi connectivity index (χ4v) is 2.37. The van der Waals surface area contributed by atoms with Crippen LogP contribution in [0.3, 0.4) is 0 Å². The lowest BCUT2D eigenvalue weighted by molar-refractivity contribution is -0.885. The van der Waals surface area contributed by atoms with Crippen molar-refractivity contribution in [2.24, 2.45) is 0 Å². The fraction of sp³-hybridized carbons (Fsp3) is 0.882. The molecule has 5 nitrogen and oxygen atoms in total. The second-order valence-electron chi connectivity index (χ2n) is 6.38. The average Bonchev–Trinajstić information content (AvgIpc) is 2.44. The highest BCUT2D eigenvalue weighted by molar-refractivity contribution is 5.79. The highest BCUT2D eigenvalue weighted by Crippen LogP contribution is 2.10. The highest BCUT2D eigenvalue weighted by Gasteiger charge is 2.24. The first-order valence-corrected chi connectivity index (χ1v) is 8.16. The number of unbranched alkanes of at least 4 members (excludes halogenated alkanes) is 6. The highest BCUT2D eigenvalue weighted by atomic mass is 16.4. The van der Waals surface area contributed by atoms with E-state index in [2.05, 4.69) is 6.92 Å². The number of carbonyl (C=O) groups is 2. The number of carboxylic acids is 1. The van der Waals surface area contributed by atoms with Gasteiger partial charge in [-0.3, -0.25) is 9.59 Å². The average molecular weight is 319 g/mol. The van der Waals surface area contributed by atoms with Crippen LogP contribution in [0, 0.1) is 0 Å². The van der Waals surface area contributed by atoms with Crippen LogP contribution in [0.15, 0.2) is 0 Å². The normalized spacial score (nSPS) is 17.2. The maximum Gasteiger partial charge on any atom is 0.306 e. The van der Waals surface area contributed by atoms with Crippen molar-refractivity contribution in [3.63, 3.8) is 0 Å². The Balaban J connectivity index is 4.48. The van der Waals surface area contributed by atoms with E-state index in [-0.39, 0.29) is 12.3 Å². The number of nitrogens with zero attached hydrogens (tertiary/aromatic N) is 1. The number of hydrogen-bond donors (Lipinski definition) is 2. The van der Waals surface area contributed by atoms with E-state index >= 15 is 0 Å². The molecule has 0 amide bonds. The van der Waals surface area contributed by atoms with Crippen molar-refractivity contribution >= 4 is 11.8 Å². The van der Waals surface area contributed by atoms with E-state index in [0.29, 0.717) is 6.42 Å². The van der Waals surface area contributed by atoms with Gasteiger partial charge in [-0.25, -0.2) is 0 Å². The van der Waals surface area contributed by atoms with Gasteiger partial charge in [0.05, 0.1) is 24.6 Å². The van der Waals surface area contributed by atoms with Crippen LogP contribution in [0.5, 0.6) is 0 Å². The van der Waals surface area contributed by atoms with Gasteiger partial charge in [0, 0.05) is 6.42 Å². The lowest BCUT2D eigenvalue weighted by Crippen LogP contribution is -2.48. The molecule has 0 saturated carbocycles. The standard InChI is InChI=1S/C17H33NO4/c1-4-5-6-7-8-9-10-11-15(19)13-18(2,3)14-16(20)12-17(21)22/h16,20H,4-14H2,1-3H3/p+1/i14D2,16D. The summed E-state index contributed by atoms with van der Waals surface area (Å²) in [6.45, 7) is -0.628. The second-order valence-corrected chi connectivity index (χ2v) is 6.38. The Kier molecular flexibility index (Phi) is 8.41. The second kappa shape index (κ2) is 11.6. The van der Waals surface area contributed by atoms with Crippen molar-refractivity contribution in [3.05, 3.63) is 0 Å². The SMILES string of the molecule is [2H]C(O)(CC(=O)O)C([2H])([2H])[N+](C)(C)CC(=O)CCCCCCCCC. The van der Waals surface area contributed by atoms with Gasteiger partial charge in [-0.2, -0.15) is 0 Å². The van der Waals surface area contributed by atoms with E-state index in [9.17, 15) is 14.7 Å². The number of carbonyl (C=O) groups excluding carboxylic acids is 1. The molecule has 0 aromatic rings. The summed E-state index contributed by atoms with van der Waals surface area (Å²) >= 11 is 0. The quantitative estimate of drug-likeness (QED) is 0.381. The zero-order chi connectivity index (χ0) is 19.7. The number of quaternary nitrogens is 1. The number of likely N-dealkylation sites (N-methyl/N-ethyl adjacent to an activating group) is 1. The monoisotopic (exact) mass is 319 g/mol. The lowest BCUT2D eigenvalue weighted by Gasteiger charge is -2.30. The van der Waals surface area contributed by atoms with Crippen LogP contribution >= 0.6 is 0 Å². The first-order chi connectivity index (χ1) is 11.4. The summed E-state index contributed by atoms with van der Waals surface area (Å²) in [6.07, 6.45) is 4.04.